The number of alkyl halides is 2. The number of aromatic nitrogens is 2. The third-order valence-corrected chi connectivity index (χ3v) is 4.79. The second kappa shape index (κ2) is 9.11. The second-order valence-electron chi connectivity index (χ2n) is 6.96. The molecule has 3 rings (SSSR count). The van der Waals surface area contributed by atoms with Crippen LogP contribution >= 0.6 is 0 Å². The number of carbonyl (C=O) groups excluding carboxylic acids is 1. The van der Waals surface area contributed by atoms with Crippen molar-refractivity contribution in [2.75, 3.05) is 14.2 Å². The summed E-state index contributed by atoms with van der Waals surface area (Å²) in [5, 5.41) is 4.43. The molecule has 0 aliphatic carbocycles. The van der Waals surface area contributed by atoms with E-state index in [0.717, 1.165) is 0 Å². The van der Waals surface area contributed by atoms with E-state index >= 15 is 0 Å². The molecule has 0 fully saturated rings. The number of rotatable bonds is 7. The van der Waals surface area contributed by atoms with Crippen LogP contribution in [0.4, 0.5) is 13.2 Å². The van der Waals surface area contributed by atoms with Crippen molar-refractivity contribution in [2.24, 2.45) is 0 Å². The summed E-state index contributed by atoms with van der Waals surface area (Å²) in [4.78, 5) is 14.6. The zero-order chi connectivity index (χ0) is 22.7. The lowest BCUT2D eigenvalue weighted by Crippen LogP contribution is -2.27. The van der Waals surface area contributed by atoms with Gasteiger partial charge in [0.05, 0.1) is 29.7 Å². The fraction of sp³-hybridized carbons (Fsp3) is 0.273. The van der Waals surface area contributed by atoms with Gasteiger partial charge in [-0.05, 0) is 55.8 Å². The maximum absolute atomic E-state index is 13.2. The maximum Gasteiger partial charge on any atom is 0.387 e. The van der Waals surface area contributed by atoms with Crippen LogP contribution in [-0.2, 0) is 6.54 Å². The molecule has 0 N–H and O–H groups in total. The van der Waals surface area contributed by atoms with Crippen molar-refractivity contribution in [1.29, 1.82) is 0 Å². The van der Waals surface area contributed by atoms with Crippen molar-refractivity contribution in [3.05, 3.63) is 70.8 Å². The Hall–Kier alpha value is -3.49. The number of hydrogen-bond acceptors (Lipinski definition) is 4. The van der Waals surface area contributed by atoms with E-state index in [0.29, 0.717) is 28.2 Å². The number of methoxy groups -OCH3 is 1. The standard InChI is InChI=1S/C22H22F3N3O3/c1-13-20(14(2)28(26-13)17-8-6-16(23)7-9-17)21(29)27(3)12-15-5-10-18(31-22(24)25)19(11-15)30-4/h5-11,22H,12H2,1-4H3. The summed E-state index contributed by atoms with van der Waals surface area (Å²) in [6, 6.07) is 10.3. The Morgan fingerprint density at radius 3 is 2.42 bits per heavy atom. The van der Waals surface area contributed by atoms with Gasteiger partial charge in [-0.15, -0.1) is 0 Å². The minimum Gasteiger partial charge on any atom is -0.493 e. The maximum atomic E-state index is 13.2. The largest absolute Gasteiger partial charge is 0.493 e. The highest BCUT2D eigenvalue weighted by atomic mass is 19.3. The zero-order valence-corrected chi connectivity index (χ0v) is 17.5. The molecule has 2 aromatic carbocycles. The van der Waals surface area contributed by atoms with Crippen LogP contribution < -0.4 is 9.47 Å². The number of nitrogens with zero attached hydrogens (tertiary/aromatic N) is 3. The van der Waals surface area contributed by atoms with Gasteiger partial charge in [-0.2, -0.15) is 13.9 Å². The van der Waals surface area contributed by atoms with Crippen molar-refractivity contribution in [2.45, 2.75) is 27.0 Å². The molecule has 0 spiro atoms. The van der Waals surface area contributed by atoms with Gasteiger partial charge in [-0.3, -0.25) is 4.79 Å². The predicted molar refractivity (Wildman–Crippen MR) is 108 cm³/mol. The Morgan fingerprint density at radius 2 is 1.81 bits per heavy atom. The Kier molecular flexibility index (Phi) is 6.53. The van der Waals surface area contributed by atoms with Crippen LogP contribution in [0.5, 0.6) is 11.5 Å². The average molecular weight is 433 g/mol. The highest BCUT2D eigenvalue weighted by Gasteiger charge is 2.23. The van der Waals surface area contributed by atoms with Gasteiger partial charge in [-0.1, -0.05) is 6.07 Å². The van der Waals surface area contributed by atoms with E-state index in [9.17, 15) is 18.0 Å². The highest BCUT2D eigenvalue weighted by molar-refractivity contribution is 5.96. The minimum absolute atomic E-state index is 0.0810. The summed E-state index contributed by atoms with van der Waals surface area (Å²) < 4.78 is 49.4. The molecule has 6 nitrogen and oxygen atoms in total. The van der Waals surface area contributed by atoms with E-state index in [2.05, 4.69) is 9.84 Å². The molecule has 0 saturated carbocycles. The Labute approximate surface area is 177 Å². The Balaban J connectivity index is 1.83. The molecule has 9 heteroatoms. The lowest BCUT2D eigenvalue weighted by Gasteiger charge is -2.19. The number of ether oxygens (including phenoxy) is 2. The van der Waals surface area contributed by atoms with Crippen LogP contribution in [0.15, 0.2) is 42.5 Å². The third kappa shape index (κ3) is 4.82. The summed E-state index contributed by atoms with van der Waals surface area (Å²) in [5.74, 6) is -0.547. The van der Waals surface area contributed by atoms with Crippen LogP contribution in [0, 0.1) is 19.7 Å². The van der Waals surface area contributed by atoms with E-state index in [4.69, 9.17) is 4.74 Å². The molecule has 0 bridgehead atoms. The van der Waals surface area contributed by atoms with Gasteiger partial charge in [0.1, 0.15) is 5.82 Å². The van der Waals surface area contributed by atoms with Crippen molar-refractivity contribution in [3.8, 4) is 17.2 Å². The molecule has 0 unspecified atom stereocenters. The summed E-state index contributed by atoms with van der Waals surface area (Å²) >= 11 is 0. The van der Waals surface area contributed by atoms with Gasteiger partial charge in [0, 0.05) is 13.6 Å². The van der Waals surface area contributed by atoms with Crippen molar-refractivity contribution in [3.63, 3.8) is 0 Å². The van der Waals surface area contributed by atoms with Gasteiger partial charge < -0.3 is 14.4 Å². The van der Waals surface area contributed by atoms with Gasteiger partial charge in [-0.25, -0.2) is 9.07 Å². The van der Waals surface area contributed by atoms with Crippen LogP contribution in [0.1, 0.15) is 27.3 Å². The summed E-state index contributed by atoms with van der Waals surface area (Å²) in [5.41, 5.74) is 2.92. The van der Waals surface area contributed by atoms with E-state index in [1.807, 2.05) is 0 Å². The predicted octanol–water partition coefficient (Wildman–Crippen LogP) is 4.51. The van der Waals surface area contributed by atoms with Crippen LogP contribution in [0.3, 0.4) is 0 Å². The minimum atomic E-state index is -2.97. The SMILES string of the molecule is COc1cc(CN(C)C(=O)c2c(C)nn(-c3ccc(F)cc3)c2C)ccc1OC(F)F. The number of hydrogen-bond donors (Lipinski definition) is 0. The fourth-order valence-electron chi connectivity index (χ4n) is 3.33. The lowest BCUT2D eigenvalue weighted by molar-refractivity contribution is -0.0512. The summed E-state index contributed by atoms with van der Waals surface area (Å²) in [6.45, 7) is 0.745. The average Bonchev–Trinajstić information content (AvgIpc) is 3.02. The highest BCUT2D eigenvalue weighted by Crippen LogP contribution is 2.30. The van der Waals surface area contributed by atoms with Crippen LogP contribution in [0.25, 0.3) is 5.69 Å². The molecule has 1 heterocycles. The molecule has 31 heavy (non-hydrogen) atoms. The van der Waals surface area contributed by atoms with Crippen molar-refractivity contribution in [1.82, 2.24) is 14.7 Å². The van der Waals surface area contributed by atoms with E-state index < -0.39 is 6.61 Å². The molecule has 0 aliphatic heterocycles. The summed E-state index contributed by atoms with van der Waals surface area (Å²) in [6.07, 6.45) is 0. The fourth-order valence-corrected chi connectivity index (χ4v) is 3.33. The zero-order valence-electron chi connectivity index (χ0n) is 17.5. The van der Waals surface area contributed by atoms with Crippen molar-refractivity contribution >= 4 is 5.91 Å². The molecule has 0 saturated heterocycles. The molecule has 3 aromatic rings. The topological polar surface area (TPSA) is 56.6 Å². The number of amides is 1. The number of halogens is 3. The van der Waals surface area contributed by atoms with Gasteiger partial charge in [0.15, 0.2) is 11.5 Å². The van der Waals surface area contributed by atoms with E-state index in [1.165, 1.54) is 30.2 Å². The third-order valence-electron chi connectivity index (χ3n) is 4.79. The number of benzene rings is 2. The van der Waals surface area contributed by atoms with Gasteiger partial charge in [0.2, 0.25) is 0 Å². The molecule has 1 aromatic heterocycles. The van der Waals surface area contributed by atoms with E-state index in [1.54, 1.807) is 49.8 Å². The quantitative estimate of drug-likeness (QED) is 0.550. The number of aryl methyl sites for hydroxylation is 1. The molecule has 0 aliphatic rings. The smallest absolute Gasteiger partial charge is 0.387 e. The van der Waals surface area contributed by atoms with Gasteiger partial charge in [0.25, 0.3) is 5.91 Å². The first kappa shape index (κ1) is 22.2. The van der Waals surface area contributed by atoms with E-state index in [-0.39, 0.29) is 29.8 Å². The first-order valence-electron chi connectivity index (χ1n) is 9.40. The summed E-state index contributed by atoms with van der Waals surface area (Å²) in [7, 11) is 2.98. The molecule has 0 atom stereocenters. The van der Waals surface area contributed by atoms with Crippen LogP contribution in [-0.4, -0.2) is 41.4 Å². The molecular weight excluding hydrogens is 411 g/mol. The Bertz CT molecular complexity index is 1080. The first-order chi connectivity index (χ1) is 14.7. The molecule has 1 amide bonds. The first-order valence-corrected chi connectivity index (χ1v) is 9.40. The molecular formula is C22H22F3N3O3. The lowest BCUT2D eigenvalue weighted by atomic mass is 10.1. The monoisotopic (exact) mass is 433 g/mol. The molecule has 0 radical (unpaired) electrons. The van der Waals surface area contributed by atoms with Crippen molar-refractivity contribution < 1.29 is 27.4 Å². The number of carbonyl (C=O) groups is 1. The normalized spacial score (nSPS) is 11.0. The molecule has 164 valence electrons. The van der Waals surface area contributed by atoms with Crippen LogP contribution in [0.2, 0.25) is 0 Å². The second-order valence-corrected chi connectivity index (χ2v) is 6.96. The Morgan fingerprint density at radius 1 is 1.13 bits per heavy atom. The van der Waals surface area contributed by atoms with Gasteiger partial charge >= 0.3 is 6.61 Å².